The van der Waals surface area contributed by atoms with E-state index in [4.69, 9.17) is 17.3 Å². The summed E-state index contributed by atoms with van der Waals surface area (Å²) in [5.41, 5.74) is 6.85. The minimum atomic E-state index is -0.0851. The number of hydrogen-bond acceptors (Lipinski definition) is 3. The molecule has 1 aromatic rings. The van der Waals surface area contributed by atoms with Gasteiger partial charge in [0.05, 0.1) is 17.9 Å². The van der Waals surface area contributed by atoms with Crippen LogP contribution in [-0.4, -0.2) is 29.9 Å². The highest BCUT2D eigenvalue weighted by atomic mass is 35.5. The third-order valence-corrected chi connectivity index (χ3v) is 3.80. The molecule has 0 atom stereocenters. The predicted octanol–water partition coefficient (Wildman–Crippen LogP) is 2.98. The molecule has 1 amide bonds. The summed E-state index contributed by atoms with van der Waals surface area (Å²) in [6.45, 7) is 6.64. The number of carbonyl (C=O) groups excluding carboxylic acids is 1. The van der Waals surface area contributed by atoms with Crippen LogP contribution in [-0.2, 0) is 4.79 Å². The van der Waals surface area contributed by atoms with Gasteiger partial charge in [-0.2, -0.15) is 0 Å². The van der Waals surface area contributed by atoms with Crippen LogP contribution >= 0.6 is 11.6 Å². The van der Waals surface area contributed by atoms with Crippen LogP contribution < -0.4 is 11.1 Å². The summed E-state index contributed by atoms with van der Waals surface area (Å²) in [6.07, 6.45) is 0.972. The van der Waals surface area contributed by atoms with Gasteiger partial charge in [-0.1, -0.05) is 18.5 Å². The molecule has 19 heavy (non-hydrogen) atoms. The fraction of sp³-hybridized carbons (Fsp3) is 0.500. The summed E-state index contributed by atoms with van der Waals surface area (Å²) in [5.74, 6) is -0.0851. The highest BCUT2D eigenvalue weighted by Crippen LogP contribution is 2.23. The van der Waals surface area contributed by atoms with Gasteiger partial charge in [0.15, 0.2) is 0 Å². The van der Waals surface area contributed by atoms with Gasteiger partial charge >= 0.3 is 0 Å². The standard InChI is InChI=1S/C14H22ClN3O/c1-5-14(2,3)18(4)9-13(19)17-12-7-6-10(15)8-11(12)16/h6-8H,5,9,16H2,1-4H3,(H,17,19). The zero-order chi connectivity index (χ0) is 14.6. The van der Waals surface area contributed by atoms with Gasteiger partial charge in [-0.15, -0.1) is 0 Å². The third-order valence-electron chi connectivity index (χ3n) is 3.57. The number of benzene rings is 1. The van der Waals surface area contributed by atoms with Crippen molar-refractivity contribution in [2.24, 2.45) is 0 Å². The average Bonchev–Trinajstić information content (AvgIpc) is 2.32. The van der Waals surface area contributed by atoms with Crippen LogP contribution in [0.1, 0.15) is 27.2 Å². The van der Waals surface area contributed by atoms with Gasteiger partial charge in [0.25, 0.3) is 0 Å². The lowest BCUT2D eigenvalue weighted by molar-refractivity contribution is -0.118. The summed E-state index contributed by atoms with van der Waals surface area (Å²) in [7, 11) is 1.94. The van der Waals surface area contributed by atoms with Crippen molar-refractivity contribution in [3.63, 3.8) is 0 Å². The number of amides is 1. The van der Waals surface area contributed by atoms with Crippen molar-refractivity contribution in [1.82, 2.24) is 4.90 Å². The van der Waals surface area contributed by atoms with Crippen molar-refractivity contribution in [2.45, 2.75) is 32.7 Å². The number of anilines is 2. The minimum Gasteiger partial charge on any atom is -0.397 e. The molecule has 0 unspecified atom stereocenters. The van der Waals surface area contributed by atoms with E-state index in [0.717, 1.165) is 6.42 Å². The second-order valence-corrected chi connectivity index (χ2v) is 5.74. The van der Waals surface area contributed by atoms with E-state index < -0.39 is 0 Å². The van der Waals surface area contributed by atoms with E-state index in [1.807, 2.05) is 11.9 Å². The summed E-state index contributed by atoms with van der Waals surface area (Å²) in [4.78, 5) is 14.0. The molecule has 1 rings (SSSR count). The highest BCUT2D eigenvalue weighted by Gasteiger charge is 2.23. The second-order valence-electron chi connectivity index (χ2n) is 5.30. The summed E-state index contributed by atoms with van der Waals surface area (Å²) in [6, 6.07) is 5.03. The smallest absolute Gasteiger partial charge is 0.238 e. The second kappa shape index (κ2) is 6.26. The summed E-state index contributed by atoms with van der Waals surface area (Å²) in [5, 5.41) is 3.36. The zero-order valence-corrected chi connectivity index (χ0v) is 12.7. The molecule has 0 bridgehead atoms. The van der Waals surface area contributed by atoms with Gasteiger partial charge in [-0.25, -0.2) is 0 Å². The maximum Gasteiger partial charge on any atom is 0.238 e. The Morgan fingerprint density at radius 2 is 2.11 bits per heavy atom. The van der Waals surface area contributed by atoms with Crippen LogP contribution in [0.2, 0.25) is 5.02 Å². The molecule has 5 heteroatoms. The number of nitrogens with two attached hydrogens (primary N) is 1. The lowest BCUT2D eigenvalue weighted by Gasteiger charge is -2.34. The third kappa shape index (κ3) is 4.40. The Bertz CT molecular complexity index is 460. The number of nitrogens with zero attached hydrogens (tertiary/aromatic N) is 1. The van der Waals surface area contributed by atoms with Gasteiger partial charge in [0.2, 0.25) is 5.91 Å². The van der Waals surface area contributed by atoms with Crippen LogP contribution in [0.15, 0.2) is 18.2 Å². The summed E-state index contributed by atoms with van der Waals surface area (Å²) >= 11 is 5.82. The lowest BCUT2D eigenvalue weighted by atomic mass is 10.00. The number of nitrogen functional groups attached to an aromatic ring is 1. The Hall–Kier alpha value is -1.26. The Balaban J connectivity index is 2.65. The fourth-order valence-corrected chi connectivity index (χ4v) is 1.72. The van der Waals surface area contributed by atoms with Crippen LogP contribution in [0.5, 0.6) is 0 Å². The normalized spacial score (nSPS) is 11.7. The largest absolute Gasteiger partial charge is 0.397 e. The van der Waals surface area contributed by atoms with Gasteiger partial charge in [0, 0.05) is 10.6 Å². The first kappa shape index (κ1) is 15.8. The molecular weight excluding hydrogens is 262 g/mol. The topological polar surface area (TPSA) is 58.4 Å². The number of likely N-dealkylation sites (N-methyl/N-ethyl adjacent to an activating group) is 1. The van der Waals surface area contributed by atoms with Crippen LogP contribution in [0.4, 0.5) is 11.4 Å². The lowest BCUT2D eigenvalue weighted by Crippen LogP contribution is -2.44. The molecule has 4 nitrogen and oxygen atoms in total. The number of halogens is 1. The quantitative estimate of drug-likeness (QED) is 0.817. The molecule has 0 heterocycles. The maximum atomic E-state index is 12.0. The first-order valence-electron chi connectivity index (χ1n) is 6.32. The molecule has 0 saturated heterocycles. The number of hydrogen-bond donors (Lipinski definition) is 2. The van der Waals surface area contributed by atoms with Gasteiger partial charge in [0.1, 0.15) is 0 Å². The first-order chi connectivity index (χ1) is 8.76. The van der Waals surface area contributed by atoms with E-state index in [9.17, 15) is 4.79 Å². The molecule has 0 aliphatic heterocycles. The van der Waals surface area contributed by atoms with Gasteiger partial charge in [-0.3, -0.25) is 9.69 Å². The van der Waals surface area contributed by atoms with Crippen molar-refractivity contribution in [3.8, 4) is 0 Å². The summed E-state index contributed by atoms with van der Waals surface area (Å²) < 4.78 is 0. The van der Waals surface area contributed by atoms with Crippen LogP contribution in [0, 0.1) is 0 Å². The monoisotopic (exact) mass is 283 g/mol. The molecule has 0 aliphatic carbocycles. The number of nitrogens with one attached hydrogen (secondary N) is 1. The molecule has 0 radical (unpaired) electrons. The number of rotatable bonds is 5. The first-order valence-corrected chi connectivity index (χ1v) is 6.70. The van der Waals surface area contributed by atoms with Crippen molar-refractivity contribution < 1.29 is 4.79 Å². The van der Waals surface area contributed by atoms with E-state index in [2.05, 4.69) is 26.1 Å². The van der Waals surface area contributed by atoms with Crippen LogP contribution in [0.25, 0.3) is 0 Å². The van der Waals surface area contributed by atoms with E-state index in [1.54, 1.807) is 18.2 Å². The molecule has 3 N–H and O–H groups in total. The Morgan fingerprint density at radius 3 is 2.63 bits per heavy atom. The van der Waals surface area contributed by atoms with Crippen LogP contribution in [0.3, 0.4) is 0 Å². The molecule has 0 saturated carbocycles. The molecule has 0 aromatic heterocycles. The maximum absolute atomic E-state index is 12.0. The minimum absolute atomic E-state index is 0.0110. The fourth-order valence-electron chi connectivity index (χ4n) is 1.54. The van der Waals surface area contributed by atoms with E-state index in [-0.39, 0.29) is 11.4 Å². The Kier molecular flexibility index (Phi) is 5.20. The van der Waals surface area contributed by atoms with Crippen molar-refractivity contribution in [3.05, 3.63) is 23.2 Å². The Morgan fingerprint density at radius 1 is 1.47 bits per heavy atom. The van der Waals surface area contributed by atoms with Crippen molar-refractivity contribution in [2.75, 3.05) is 24.6 Å². The van der Waals surface area contributed by atoms with Crippen molar-refractivity contribution >= 4 is 28.9 Å². The number of carbonyl (C=O) groups is 1. The molecule has 0 aliphatic rings. The highest BCUT2D eigenvalue weighted by molar-refractivity contribution is 6.31. The van der Waals surface area contributed by atoms with Crippen molar-refractivity contribution in [1.29, 1.82) is 0 Å². The van der Waals surface area contributed by atoms with E-state index >= 15 is 0 Å². The molecule has 0 fully saturated rings. The average molecular weight is 284 g/mol. The van der Waals surface area contributed by atoms with Gasteiger partial charge < -0.3 is 11.1 Å². The SMILES string of the molecule is CCC(C)(C)N(C)CC(=O)Nc1ccc(Cl)cc1N. The molecule has 0 spiro atoms. The zero-order valence-electron chi connectivity index (χ0n) is 12.0. The predicted molar refractivity (Wildman–Crippen MR) is 81.5 cm³/mol. The molecule has 106 valence electrons. The van der Waals surface area contributed by atoms with E-state index in [1.165, 1.54) is 0 Å². The van der Waals surface area contributed by atoms with Gasteiger partial charge in [-0.05, 0) is 45.5 Å². The van der Waals surface area contributed by atoms with E-state index in [0.29, 0.717) is 22.9 Å². The molecule has 1 aromatic carbocycles. The Labute approximate surface area is 119 Å². The molecular formula is C14H22ClN3O.